The number of methoxy groups -OCH3 is 1. The Hall–Kier alpha value is -2.61. The molecule has 0 unspecified atom stereocenters. The number of nitrogens with one attached hydrogen (secondary N) is 1. The summed E-state index contributed by atoms with van der Waals surface area (Å²) in [6.45, 7) is 3.04. The summed E-state index contributed by atoms with van der Waals surface area (Å²) in [6.07, 6.45) is 6.04. The third-order valence-corrected chi connectivity index (χ3v) is 6.89. The summed E-state index contributed by atoms with van der Waals surface area (Å²) in [5.41, 5.74) is 0.464. The highest BCUT2D eigenvalue weighted by Crippen LogP contribution is 2.31. The third-order valence-electron chi connectivity index (χ3n) is 6.89. The van der Waals surface area contributed by atoms with E-state index in [1.807, 2.05) is 7.05 Å². The Labute approximate surface area is 183 Å². The molecule has 168 valence electrons. The lowest BCUT2D eigenvalue weighted by atomic mass is 9.83. The predicted molar refractivity (Wildman–Crippen MR) is 117 cm³/mol. The van der Waals surface area contributed by atoms with Crippen LogP contribution < -0.4 is 15.0 Å². The number of carbonyl (C=O) groups is 3. The number of hydrogen-bond acceptors (Lipinski definition) is 5. The van der Waals surface area contributed by atoms with Gasteiger partial charge < -0.3 is 19.9 Å². The van der Waals surface area contributed by atoms with Gasteiger partial charge in [-0.05, 0) is 69.0 Å². The number of piperidine rings is 2. The number of ether oxygens (including phenoxy) is 1. The van der Waals surface area contributed by atoms with E-state index in [0.29, 0.717) is 29.9 Å². The van der Waals surface area contributed by atoms with Crippen molar-refractivity contribution < 1.29 is 19.1 Å². The molecular formula is C23H32N4O4. The van der Waals surface area contributed by atoms with Gasteiger partial charge in [0.05, 0.1) is 19.2 Å². The molecule has 3 heterocycles. The van der Waals surface area contributed by atoms with Gasteiger partial charge in [0.2, 0.25) is 5.91 Å². The summed E-state index contributed by atoms with van der Waals surface area (Å²) in [6, 6.07) is 5.94. The second-order valence-corrected chi connectivity index (χ2v) is 8.85. The number of carbonyl (C=O) groups excluding carboxylic acids is 3. The van der Waals surface area contributed by atoms with Gasteiger partial charge in [-0.1, -0.05) is 6.42 Å². The zero-order valence-corrected chi connectivity index (χ0v) is 18.4. The minimum Gasteiger partial charge on any atom is -0.497 e. The maximum atomic E-state index is 12.9. The standard InChI is InChI=1S/C23H32N4O4/c1-25(15-16-6-5-13-26-12-4-3-7-20(16)26)21(28)14-19-22(29)27(23(30)24-19)17-8-10-18(31-2)11-9-17/h8-11,16,19-20H,3-7,12-15H2,1-2H3,(H,24,30)/t16-,19+,20+/m0/s1. The second kappa shape index (κ2) is 9.26. The zero-order chi connectivity index (χ0) is 22.0. The molecule has 1 aromatic rings. The molecule has 4 amide bonds. The van der Waals surface area contributed by atoms with Crippen molar-refractivity contribution in [3.63, 3.8) is 0 Å². The van der Waals surface area contributed by atoms with Crippen molar-refractivity contribution in [3.8, 4) is 5.75 Å². The minimum absolute atomic E-state index is 0.0190. The SMILES string of the molecule is COc1ccc(N2C(=O)N[C@H](CC(=O)N(C)C[C@@H]3CCCN4CCCC[C@H]34)C2=O)cc1. The summed E-state index contributed by atoms with van der Waals surface area (Å²) in [5.74, 6) is 0.618. The van der Waals surface area contributed by atoms with E-state index in [-0.39, 0.29) is 12.3 Å². The van der Waals surface area contributed by atoms with Crippen molar-refractivity contribution in [1.29, 1.82) is 0 Å². The van der Waals surface area contributed by atoms with Crippen LogP contribution in [0.25, 0.3) is 0 Å². The van der Waals surface area contributed by atoms with Gasteiger partial charge in [-0.15, -0.1) is 0 Å². The lowest BCUT2D eigenvalue weighted by Gasteiger charge is -2.45. The Bertz CT molecular complexity index is 825. The number of rotatable bonds is 6. The molecule has 0 aliphatic carbocycles. The molecule has 3 aliphatic rings. The average molecular weight is 429 g/mol. The van der Waals surface area contributed by atoms with Crippen LogP contribution in [0.15, 0.2) is 24.3 Å². The van der Waals surface area contributed by atoms with Crippen molar-refractivity contribution in [2.75, 3.05) is 38.7 Å². The summed E-state index contributed by atoms with van der Waals surface area (Å²) >= 11 is 0. The van der Waals surface area contributed by atoms with Gasteiger partial charge in [0.25, 0.3) is 5.91 Å². The van der Waals surface area contributed by atoms with E-state index in [1.165, 1.54) is 38.8 Å². The molecule has 1 aromatic carbocycles. The number of fused-ring (bicyclic) bond motifs is 1. The number of anilines is 1. The number of hydrogen-bond donors (Lipinski definition) is 1. The molecule has 8 nitrogen and oxygen atoms in total. The van der Waals surface area contributed by atoms with Gasteiger partial charge in [0.1, 0.15) is 11.8 Å². The fourth-order valence-corrected chi connectivity index (χ4v) is 5.22. The lowest BCUT2D eigenvalue weighted by Crippen LogP contribution is -2.51. The Morgan fingerprint density at radius 1 is 1.13 bits per heavy atom. The first-order valence-electron chi connectivity index (χ1n) is 11.2. The summed E-state index contributed by atoms with van der Waals surface area (Å²) in [4.78, 5) is 43.6. The molecule has 8 heteroatoms. The Morgan fingerprint density at radius 2 is 1.87 bits per heavy atom. The minimum atomic E-state index is -0.831. The number of urea groups is 1. The molecule has 0 saturated carbocycles. The van der Waals surface area contributed by atoms with Crippen LogP contribution in [0.5, 0.6) is 5.75 Å². The normalized spacial score (nSPS) is 26.4. The largest absolute Gasteiger partial charge is 0.497 e. The molecule has 3 fully saturated rings. The van der Waals surface area contributed by atoms with Gasteiger partial charge in [0, 0.05) is 19.6 Å². The molecule has 0 spiro atoms. The molecule has 3 saturated heterocycles. The van der Waals surface area contributed by atoms with Crippen LogP contribution in [-0.2, 0) is 9.59 Å². The van der Waals surface area contributed by atoms with Crippen LogP contribution in [0.2, 0.25) is 0 Å². The average Bonchev–Trinajstić information content (AvgIpc) is 3.06. The second-order valence-electron chi connectivity index (χ2n) is 8.85. The first-order chi connectivity index (χ1) is 15.0. The number of imide groups is 1. The first-order valence-corrected chi connectivity index (χ1v) is 11.2. The lowest BCUT2D eigenvalue weighted by molar-refractivity contribution is -0.133. The Kier molecular flexibility index (Phi) is 6.46. The van der Waals surface area contributed by atoms with Crippen molar-refractivity contribution in [2.24, 2.45) is 5.92 Å². The molecule has 1 N–H and O–H groups in total. The molecular weight excluding hydrogens is 396 g/mol. The Balaban J connectivity index is 1.35. The third kappa shape index (κ3) is 4.54. The van der Waals surface area contributed by atoms with Crippen molar-refractivity contribution >= 4 is 23.5 Å². The van der Waals surface area contributed by atoms with E-state index in [1.54, 1.807) is 36.3 Å². The summed E-state index contributed by atoms with van der Waals surface area (Å²) in [7, 11) is 3.37. The smallest absolute Gasteiger partial charge is 0.329 e. The molecule has 4 rings (SSSR count). The van der Waals surface area contributed by atoms with Crippen molar-refractivity contribution in [2.45, 2.75) is 50.6 Å². The predicted octanol–water partition coefficient (Wildman–Crippen LogP) is 2.23. The van der Waals surface area contributed by atoms with Crippen LogP contribution in [0.3, 0.4) is 0 Å². The van der Waals surface area contributed by atoms with Gasteiger partial charge in [-0.2, -0.15) is 0 Å². The molecule has 3 atom stereocenters. The molecule has 0 radical (unpaired) electrons. The van der Waals surface area contributed by atoms with Gasteiger partial charge in [-0.3, -0.25) is 9.59 Å². The van der Waals surface area contributed by atoms with E-state index in [0.717, 1.165) is 11.3 Å². The molecule has 0 bridgehead atoms. The van der Waals surface area contributed by atoms with E-state index in [2.05, 4.69) is 10.2 Å². The fraction of sp³-hybridized carbons (Fsp3) is 0.609. The van der Waals surface area contributed by atoms with E-state index >= 15 is 0 Å². The van der Waals surface area contributed by atoms with E-state index < -0.39 is 18.0 Å². The highest BCUT2D eigenvalue weighted by atomic mass is 16.5. The van der Waals surface area contributed by atoms with Crippen LogP contribution in [-0.4, -0.2) is 73.5 Å². The van der Waals surface area contributed by atoms with Crippen molar-refractivity contribution in [3.05, 3.63) is 24.3 Å². The maximum absolute atomic E-state index is 12.9. The molecule has 3 aliphatic heterocycles. The fourth-order valence-electron chi connectivity index (χ4n) is 5.22. The highest BCUT2D eigenvalue weighted by molar-refractivity contribution is 6.22. The number of nitrogens with zero attached hydrogens (tertiary/aromatic N) is 3. The monoisotopic (exact) mass is 428 g/mol. The quantitative estimate of drug-likeness (QED) is 0.703. The summed E-state index contributed by atoms with van der Waals surface area (Å²) in [5, 5.41) is 2.67. The maximum Gasteiger partial charge on any atom is 0.329 e. The molecule has 0 aromatic heterocycles. The summed E-state index contributed by atoms with van der Waals surface area (Å²) < 4.78 is 5.12. The number of amides is 4. The van der Waals surface area contributed by atoms with Crippen LogP contribution >= 0.6 is 0 Å². The van der Waals surface area contributed by atoms with E-state index in [9.17, 15) is 14.4 Å². The topological polar surface area (TPSA) is 82.2 Å². The van der Waals surface area contributed by atoms with Crippen molar-refractivity contribution in [1.82, 2.24) is 15.1 Å². The zero-order valence-electron chi connectivity index (χ0n) is 18.4. The van der Waals surface area contributed by atoms with E-state index in [4.69, 9.17) is 4.74 Å². The highest BCUT2D eigenvalue weighted by Gasteiger charge is 2.41. The van der Waals surface area contributed by atoms with Gasteiger partial charge in [-0.25, -0.2) is 9.69 Å². The van der Waals surface area contributed by atoms with Gasteiger partial charge >= 0.3 is 6.03 Å². The number of benzene rings is 1. The van der Waals surface area contributed by atoms with Crippen LogP contribution in [0, 0.1) is 5.92 Å². The van der Waals surface area contributed by atoms with Crippen LogP contribution in [0.4, 0.5) is 10.5 Å². The van der Waals surface area contributed by atoms with Crippen LogP contribution in [0.1, 0.15) is 38.5 Å². The molecule has 31 heavy (non-hydrogen) atoms. The Morgan fingerprint density at radius 3 is 2.61 bits per heavy atom. The first kappa shape index (κ1) is 21.6. The van der Waals surface area contributed by atoms with Gasteiger partial charge in [0.15, 0.2) is 0 Å².